The van der Waals surface area contributed by atoms with Crippen LogP contribution in [0, 0.1) is 0 Å². The molecule has 0 radical (unpaired) electrons. The molecule has 0 fully saturated rings. The predicted octanol–water partition coefficient (Wildman–Crippen LogP) is 2.22. The molecule has 2 aromatic rings. The molecule has 0 aromatic carbocycles. The van der Waals surface area contributed by atoms with Gasteiger partial charge in [-0.15, -0.1) is 0 Å². The Hall–Kier alpha value is -0.780. The molecule has 2 heterocycles. The Morgan fingerprint density at radius 3 is 2.67 bits per heavy atom. The molecule has 0 saturated heterocycles. The number of aromatic amines is 1. The van der Waals surface area contributed by atoms with Crippen molar-refractivity contribution in [3.8, 4) is 0 Å². The van der Waals surface area contributed by atoms with Gasteiger partial charge in [0.1, 0.15) is 11.2 Å². The second kappa shape index (κ2) is 3.66. The van der Waals surface area contributed by atoms with Crippen molar-refractivity contribution >= 4 is 51.9 Å². The first-order valence-corrected chi connectivity index (χ1v) is 5.12. The zero-order chi connectivity index (χ0) is 11.1. The molecule has 0 spiro atoms. The summed E-state index contributed by atoms with van der Waals surface area (Å²) in [5.74, 6) is 0.357. The fourth-order valence-electron chi connectivity index (χ4n) is 1.15. The highest BCUT2D eigenvalue weighted by molar-refractivity contribution is 6.67. The quantitative estimate of drug-likeness (QED) is 0.777. The highest BCUT2D eigenvalue weighted by atomic mass is 35.6. The summed E-state index contributed by atoms with van der Waals surface area (Å²) < 4.78 is -1.61. The van der Waals surface area contributed by atoms with Crippen LogP contribution >= 0.6 is 34.8 Å². The molecule has 5 nitrogen and oxygen atoms in total. The Kier molecular flexibility index (Phi) is 2.62. The number of hydrogen-bond donors (Lipinski definition) is 2. The molecule has 15 heavy (non-hydrogen) atoms. The third kappa shape index (κ3) is 1.95. The first-order chi connectivity index (χ1) is 7.02. The fourth-order valence-corrected chi connectivity index (χ4v) is 1.56. The van der Waals surface area contributed by atoms with E-state index >= 15 is 0 Å². The summed E-state index contributed by atoms with van der Waals surface area (Å²) in [4.78, 5) is 15.0. The molecule has 0 aliphatic heterocycles. The second-order valence-corrected chi connectivity index (χ2v) is 5.03. The summed E-state index contributed by atoms with van der Waals surface area (Å²) in [5, 5.41) is 2.77. The maximum Gasteiger partial charge on any atom is 0.234 e. The average molecular weight is 267 g/mol. The second-order valence-electron chi connectivity index (χ2n) is 2.74. The van der Waals surface area contributed by atoms with E-state index in [4.69, 9.17) is 34.8 Å². The summed E-state index contributed by atoms with van der Waals surface area (Å²) in [6.07, 6.45) is 1.47. The summed E-state index contributed by atoms with van der Waals surface area (Å²) in [7, 11) is 1.68. The summed E-state index contributed by atoms with van der Waals surface area (Å²) in [6, 6.07) is 0. The summed E-state index contributed by atoms with van der Waals surface area (Å²) in [6.45, 7) is 0. The van der Waals surface area contributed by atoms with Gasteiger partial charge >= 0.3 is 0 Å². The van der Waals surface area contributed by atoms with Crippen molar-refractivity contribution in [2.45, 2.75) is 3.79 Å². The van der Waals surface area contributed by atoms with Gasteiger partial charge < -0.3 is 10.3 Å². The fraction of sp³-hybridized carbons (Fsp3) is 0.286. The Balaban J connectivity index is 2.74. The van der Waals surface area contributed by atoms with Crippen LogP contribution in [0.1, 0.15) is 5.69 Å². The largest absolute Gasteiger partial charge is 0.357 e. The lowest BCUT2D eigenvalue weighted by molar-refractivity contribution is 1.06. The van der Waals surface area contributed by atoms with Crippen LogP contribution in [0.15, 0.2) is 6.33 Å². The molecule has 2 rings (SSSR count). The van der Waals surface area contributed by atoms with E-state index in [1.807, 2.05) is 0 Å². The van der Waals surface area contributed by atoms with Gasteiger partial charge in [0, 0.05) is 7.05 Å². The minimum absolute atomic E-state index is 0.277. The number of fused-ring (bicyclic) bond motifs is 1. The number of aromatic nitrogens is 4. The maximum atomic E-state index is 5.79. The van der Waals surface area contributed by atoms with Crippen LogP contribution in [-0.2, 0) is 3.79 Å². The molecule has 8 heteroatoms. The maximum absolute atomic E-state index is 5.79. The number of nitrogens with one attached hydrogen (secondary N) is 2. The molecule has 0 aliphatic carbocycles. The number of nitrogens with zero attached hydrogens (tertiary/aromatic N) is 3. The SMILES string of the molecule is CNc1nc(C(Cl)(Cl)Cl)c2[nH]cnc2n1. The van der Waals surface area contributed by atoms with Crippen LogP contribution in [0.5, 0.6) is 0 Å². The molecule has 0 bridgehead atoms. The standard InChI is InChI=1S/C7H6Cl3N5/c1-11-6-14-4(7(8,9)10)3-5(15-6)13-2-12-3/h2H,1H3,(H2,11,12,13,14,15). The minimum atomic E-state index is -1.61. The normalized spacial score (nSPS) is 12.0. The summed E-state index contributed by atoms with van der Waals surface area (Å²) in [5.41, 5.74) is 1.25. The topological polar surface area (TPSA) is 66.5 Å². The summed E-state index contributed by atoms with van der Waals surface area (Å²) >= 11 is 17.4. The van der Waals surface area contributed by atoms with Gasteiger partial charge in [0.25, 0.3) is 0 Å². The number of H-pyrrole nitrogens is 1. The number of rotatable bonds is 1. The third-order valence-electron chi connectivity index (χ3n) is 1.78. The van der Waals surface area contributed by atoms with Gasteiger partial charge in [0.05, 0.1) is 6.33 Å². The molecule has 80 valence electrons. The van der Waals surface area contributed by atoms with Gasteiger partial charge in [0.15, 0.2) is 5.65 Å². The Bertz CT molecular complexity index is 489. The smallest absolute Gasteiger partial charge is 0.234 e. The molecular formula is C7H6Cl3N5. The lowest BCUT2D eigenvalue weighted by atomic mass is 10.4. The first kappa shape index (κ1) is 10.7. The number of anilines is 1. The van der Waals surface area contributed by atoms with Crippen molar-refractivity contribution in [3.63, 3.8) is 0 Å². The van der Waals surface area contributed by atoms with Crippen LogP contribution in [-0.4, -0.2) is 27.0 Å². The molecule has 0 amide bonds. The highest BCUT2D eigenvalue weighted by Gasteiger charge is 2.29. The zero-order valence-corrected chi connectivity index (χ0v) is 9.82. The third-order valence-corrected chi connectivity index (χ3v) is 2.31. The van der Waals surface area contributed by atoms with Crippen molar-refractivity contribution in [2.75, 3.05) is 12.4 Å². The molecule has 0 atom stereocenters. The molecule has 2 aromatic heterocycles. The van der Waals surface area contributed by atoms with E-state index in [9.17, 15) is 0 Å². The van der Waals surface area contributed by atoms with Crippen molar-refractivity contribution in [2.24, 2.45) is 0 Å². The Morgan fingerprint density at radius 1 is 1.33 bits per heavy atom. The van der Waals surface area contributed by atoms with Gasteiger partial charge in [-0.1, -0.05) is 34.8 Å². The van der Waals surface area contributed by atoms with Crippen LogP contribution in [0.3, 0.4) is 0 Å². The first-order valence-electron chi connectivity index (χ1n) is 3.98. The Labute approximate surface area is 100 Å². The van der Waals surface area contributed by atoms with E-state index in [1.165, 1.54) is 6.33 Å². The van der Waals surface area contributed by atoms with E-state index in [0.717, 1.165) is 0 Å². The van der Waals surface area contributed by atoms with Gasteiger partial charge in [-0.05, 0) is 0 Å². The lowest BCUT2D eigenvalue weighted by Crippen LogP contribution is -2.08. The number of hydrogen-bond acceptors (Lipinski definition) is 4. The molecule has 2 N–H and O–H groups in total. The van der Waals surface area contributed by atoms with Gasteiger partial charge in [0.2, 0.25) is 9.74 Å². The van der Waals surface area contributed by atoms with E-state index in [-0.39, 0.29) is 5.69 Å². The van der Waals surface area contributed by atoms with Crippen molar-refractivity contribution < 1.29 is 0 Å². The number of alkyl halides is 3. The number of imidazole rings is 1. The Morgan fingerprint density at radius 2 is 2.07 bits per heavy atom. The van der Waals surface area contributed by atoms with Crippen molar-refractivity contribution in [3.05, 3.63) is 12.0 Å². The van der Waals surface area contributed by atoms with Crippen LogP contribution in [0.2, 0.25) is 0 Å². The zero-order valence-electron chi connectivity index (χ0n) is 7.55. The number of halogens is 3. The molecule has 0 saturated carbocycles. The van der Waals surface area contributed by atoms with Crippen LogP contribution in [0.4, 0.5) is 5.95 Å². The predicted molar refractivity (Wildman–Crippen MR) is 60.5 cm³/mol. The highest BCUT2D eigenvalue weighted by Crippen LogP contribution is 2.39. The molecule has 0 aliphatic rings. The van der Waals surface area contributed by atoms with Gasteiger partial charge in [-0.2, -0.15) is 4.98 Å². The molecule has 0 unspecified atom stereocenters. The van der Waals surface area contributed by atoms with E-state index in [1.54, 1.807) is 7.05 Å². The van der Waals surface area contributed by atoms with Gasteiger partial charge in [-0.25, -0.2) is 9.97 Å². The minimum Gasteiger partial charge on any atom is -0.357 e. The van der Waals surface area contributed by atoms with Gasteiger partial charge in [-0.3, -0.25) is 0 Å². The van der Waals surface area contributed by atoms with Crippen molar-refractivity contribution in [1.29, 1.82) is 0 Å². The monoisotopic (exact) mass is 265 g/mol. The van der Waals surface area contributed by atoms with Crippen LogP contribution < -0.4 is 5.32 Å². The lowest BCUT2D eigenvalue weighted by Gasteiger charge is -2.11. The molecular weight excluding hydrogens is 260 g/mol. The van der Waals surface area contributed by atoms with E-state index in [0.29, 0.717) is 17.1 Å². The van der Waals surface area contributed by atoms with Crippen molar-refractivity contribution in [1.82, 2.24) is 19.9 Å². The van der Waals surface area contributed by atoms with Crippen LogP contribution in [0.25, 0.3) is 11.2 Å². The van der Waals surface area contributed by atoms with E-state index in [2.05, 4.69) is 25.3 Å². The average Bonchev–Trinajstić information content (AvgIpc) is 2.61. The van der Waals surface area contributed by atoms with E-state index < -0.39 is 3.79 Å².